The van der Waals surface area contributed by atoms with Crippen LogP contribution >= 0.6 is 0 Å². The highest BCUT2D eigenvalue weighted by molar-refractivity contribution is 5.92. The number of nitrogens with one attached hydrogen (secondary N) is 2. The minimum Gasteiger partial charge on any atom is -0.484 e. The molecule has 3 aliphatic rings. The number of carbonyl (C=O) groups excluding carboxylic acids is 1. The molecule has 194 valence electrons. The number of fused-ring (bicyclic) bond motifs is 4. The minimum absolute atomic E-state index is 0.229. The van der Waals surface area contributed by atoms with Crippen LogP contribution in [0.1, 0.15) is 48.3 Å². The molecule has 0 saturated heterocycles. The fourth-order valence-corrected chi connectivity index (χ4v) is 6.20. The Morgan fingerprint density at radius 3 is 2.63 bits per heavy atom. The number of benzene rings is 1. The first-order valence-electron chi connectivity index (χ1n) is 12.7. The van der Waals surface area contributed by atoms with Crippen molar-refractivity contribution in [3.05, 3.63) is 53.9 Å². The Bertz CT molecular complexity index is 1570. The van der Waals surface area contributed by atoms with Gasteiger partial charge >= 0.3 is 0 Å². The van der Waals surface area contributed by atoms with Crippen LogP contribution in [0.2, 0.25) is 0 Å². The molecule has 10 nitrogen and oxygen atoms in total. The van der Waals surface area contributed by atoms with E-state index in [2.05, 4.69) is 30.7 Å². The van der Waals surface area contributed by atoms with Crippen LogP contribution in [0.25, 0.3) is 22.0 Å². The van der Waals surface area contributed by atoms with Crippen molar-refractivity contribution in [1.29, 1.82) is 0 Å². The predicted octanol–water partition coefficient (Wildman–Crippen LogP) is 4.20. The first-order valence-corrected chi connectivity index (χ1v) is 12.7. The molecule has 2 aliphatic carbocycles. The third-order valence-electron chi connectivity index (χ3n) is 7.98. The number of halogens is 1. The first-order chi connectivity index (χ1) is 18.4. The van der Waals surface area contributed by atoms with Gasteiger partial charge in [0.25, 0.3) is 11.8 Å². The third-order valence-corrected chi connectivity index (χ3v) is 7.98. The standard InChI is InChI=1S/C27H25FN6O4/c1-15-20-18(3-2-16(21(20)28)17-4-10-29-24-22(17)36-12-13-37-24)31-25(30-15)33-27-8-6-26(14-27,7-9-27)32-23(35)19-5-11-38-34-19/h2-5,10-11H,6-9,12-14H2,1H3,(H,32,35)(H,30,31,33). The van der Waals surface area contributed by atoms with E-state index < -0.39 is 5.82 Å². The molecule has 1 amide bonds. The van der Waals surface area contributed by atoms with Gasteiger partial charge in [-0.25, -0.2) is 19.3 Å². The lowest BCUT2D eigenvalue weighted by Gasteiger charge is -2.29. The number of aryl methyl sites for hydroxylation is 1. The molecule has 11 heteroatoms. The van der Waals surface area contributed by atoms with E-state index in [1.54, 1.807) is 37.4 Å². The summed E-state index contributed by atoms with van der Waals surface area (Å²) in [5.74, 6) is 0.619. The number of aromatic nitrogens is 4. The van der Waals surface area contributed by atoms with E-state index in [0.717, 1.165) is 32.1 Å². The van der Waals surface area contributed by atoms with Crippen molar-refractivity contribution in [2.45, 2.75) is 50.1 Å². The highest BCUT2D eigenvalue weighted by atomic mass is 19.1. The molecule has 3 aromatic heterocycles. The zero-order chi connectivity index (χ0) is 25.9. The first kappa shape index (κ1) is 22.9. The fraction of sp³-hybridized carbons (Fsp3) is 0.370. The number of hydrogen-bond acceptors (Lipinski definition) is 9. The molecule has 38 heavy (non-hydrogen) atoms. The molecule has 2 saturated carbocycles. The van der Waals surface area contributed by atoms with Gasteiger partial charge in [0, 0.05) is 34.5 Å². The van der Waals surface area contributed by atoms with Crippen molar-refractivity contribution in [1.82, 2.24) is 25.4 Å². The molecule has 4 aromatic rings. The topological polar surface area (TPSA) is 124 Å². The summed E-state index contributed by atoms with van der Waals surface area (Å²) < 4.78 is 32.0. The van der Waals surface area contributed by atoms with Crippen LogP contribution < -0.4 is 20.1 Å². The third kappa shape index (κ3) is 3.64. The molecular formula is C27H25FN6O4. The zero-order valence-corrected chi connectivity index (χ0v) is 20.7. The van der Waals surface area contributed by atoms with Crippen LogP contribution in [0, 0.1) is 12.7 Å². The van der Waals surface area contributed by atoms with E-state index in [9.17, 15) is 4.79 Å². The number of hydrogen-bond donors (Lipinski definition) is 2. The van der Waals surface area contributed by atoms with E-state index in [4.69, 9.17) is 14.0 Å². The number of ether oxygens (including phenoxy) is 2. The second-order valence-electron chi connectivity index (χ2n) is 10.3. The molecule has 2 bridgehead atoms. The van der Waals surface area contributed by atoms with Crippen molar-refractivity contribution in [3.63, 3.8) is 0 Å². The number of carbonyl (C=O) groups is 1. The van der Waals surface area contributed by atoms with Gasteiger partial charge < -0.3 is 24.6 Å². The maximum atomic E-state index is 15.9. The zero-order valence-electron chi connectivity index (χ0n) is 20.7. The number of nitrogens with zero attached hydrogens (tertiary/aromatic N) is 4. The Labute approximate surface area is 217 Å². The highest BCUT2D eigenvalue weighted by Crippen LogP contribution is 2.52. The lowest BCUT2D eigenvalue weighted by atomic mass is 9.91. The second-order valence-corrected chi connectivity index (χ2v) is 10.3. The van der Waals surface area contributed by atoms with Crippen molar-refractivity contribution in [3.8, 4) is 22.8 Å². The molecule has 0 radical (unpaired) electrons. The summed E-state index contributed by atoms with van der Waals surface area (Å²) in [5, 5.41) is 10.8. The Kier molecular flexibility index (Phi) is 5.04. The Hall–Kier alpha value is -4.28. The van der Waals surface area contributed by atoms with Crippen molar-refractivity contribution in [2.75, 3.05) is 18.5 Å². The number of rotatable bonds is 5. The summed E-state index contributed by atoms with van der Waals surface area (Å²) in [7, 11) is 0. The molecule has 2 fully saturated rings. The number of amides is 1. The maximum Gasteiger partial charge on any atom is 0.273 e. The van der Waals surface area contributed by atoms with Crippen LogP contribution in [0.15, 0.2) is 41.2 Å². The largest absolute Gasteiger partial charge is 0.484 e. The summed E-state index contributed by atoms with van der Waals surface area (Å²) in [4.78, 5) is 26.1. The van der Waals surface area contributed by atoms with E-state index in [-0.39, 0.29) is 22.7 Å². The highest BCUT2D eigenvalue weighted by Gasteiger charge is 2.55. The van der Waals surface area contributed by atoms with Gasteiger partial charge in [0.05, 0.1) is 16.6 Å². The van der Waals surface area contributed by atoms with E-state index in [1.165, 1.54) is 6.26 Å². The summed E-state index contributed by atoms with van der Waals surface area (Å²) in [6.45, 7) is 2.57. The summed E-state index contributed by atoms with van der Waals surface area (Å²) in [6.07, 6.45) is 7.16. The fourth-order valence-electron chi connectivity index (χ4n) is 6.20. The van der Waals surface area contributed by atoms with Gasteiger partial charge in [0.1, 0.15) is 25.3 Å². The minimum atomic E-state index is -0.413. The van der Waals surface area contributed by atoms with Gasteiger partial charge in [-0.15, -0.1) is 0 Å². The molecule has 0 unspecified atom stereocenters. The van der Waals surface area contributed by atoms with Gasteiger partial charge in [-0.1, -0.05) is 5.16 Å². The van der Waals surface area contributed by atoms with Gasteiger partial charge in [-0.05, 0) is 57.2 Å². The van der Waals surface area contributed by atoms with E-state index in [0.29, 0.717) is 58.5 Å². The maximum absolute atomic E-state index is 15.9. The molecule has 2 N–H and O–H groups in total. The van der Waals surface area contributed by atoms with Gasteiger partial charge in [-0.2, -0.15) is 0 Å². The lowest BCUT2D eigenvalue weighted by Crippen LogP contribution is -2.45. The molecule has 4 heterocycles. The van der Waals surface area contributed by atoms with Crippen LogP contribution in [0.3, 0.4) is 0 Å². The van der Waals surface area contributed by atoms with Crippen LogP contribution in [-0.4, -0.2) is 50.3 Å². The average molecular weight is 517 g/mol. The van der Waals surface area contributed by atoms with E-state index >= 15 is 4.39 Å². The quantitative estimate of drug-likeness (QED) is 0.402. The van der Waals surface area contributed by atoms with Crippen molar-refractivity contribution < 1.29 is 23.2 Å². The monoisotopic (exact) mass is 516 g/mol. The summed E-state index contributed by atoms with van der Waals surface area (Å²) in [6, 6.07) is 6.78. The normalized spacial score (nSPS) is 23.5. The number of pyridine rings is 1. The molecule has 1 aromatic carbocycles. The van der Waals surface area contributed by atoms with E-state index in [1.807, 2.05) is 0 Å². The lowest BCUT2D eigenvalue weighted by molar-refractivity contribution is 0.0891. The Morgan fingerprint density at radius 1 is 1.00 bits per heavy atom. The van der Waals surface area contributed by atoms with Gasteiger partial charge in [-0.3, -0.25) is 4.79 Å². The van der Waals surface area contributed by atoms with Gasteiger partial charge in [0.2, 0.25) is 5.95 Å². The molecular weight excluding hydrogens is 491 g/mol. The van der Waals surface area contributed by atoms with Crippen LogP contribution in [0.4, 0.5) is 10.3 Å². The summed E-state index contributed by atoms with van der Waals surface area (Å²) in [5.41, 5.74) is 1.75. The Morgan fingerprint density at radius 2 is 1.82 bits per heavy atom. The SMILES string of the molecule is Cc1nc(NC23CCC(NC(=O)c4ccon4)(CC2)C3)nc2ccc(-c3ccnc4c3OCCO4)c(F)c12. The molecule has 0 atom stereocenters. The Balaban J connectivity index is 1.16. The molecule has 0 spiro atoms. The smallest absolute Gasteiger partial charge is 0.273 e. The van der Waals surface area contributed by atoms with Crippen molar-refractivity contribution in [2.24, 2.45) is 0 Å². The summed E-state index contributed by atoms with van der Waals surface area (Å²) >= 11 is 0. The van der Waals surface area contributed by atoms with Crippen LogP contribution in [0.5, 0.6) is 11.6 Å². The predicted molar refractivity (Wildman–Crippen MR) is 135 cm³/mol. The van der Waals surface area contributed by atoms with Crippen LogP contribution in [-0.2, 0) is 0 Å². The second kappa shape index (κ2) is 8.37. The molecule has 7 rings (SSSR count). The van der Waals surface area contributed by atoms with Crippen molar-refractivity contribution >= 4 is 22.8 Å². The van der Waals surface area contributed by atoms with Gasteiger partial charge in [0.15, 0.2) is 11.4 Å². The number of anilines is 1. The molecule has 1 aliphatic heterocycles. The average Bonchev–Trinajstić information content (AvgIpc) is 3.65.